The Morgan fingerprint density at radius 3 is 2.31 bits per heavy atom. The molecule has 6 nitrogen and oxygen atoms in total. The number of sulfonamides is 1. The molecule has 0 fully saturated rings. The number of carboxylic acid groups (broad SMARTS) is 1. The number of anilines is 1. The molecule has 2 aromatic carbocycles. The molecule has 0 aliphatic rings. The van der Waals surface area contributed by atoms with Gasteiger partial charge in [0.2, 0.25) is 5.76 Å². The van der Waals surface area contributed by atoms with Crippen LogP contribution >= 0.6 is 0 Å². The van der Waals surface area contributed by atoms with Crippen LogP contribution in [0.4, 0.5) is 5.69 Å². The van der Waals surface area contributed by atoms with Gasteiger partial charge in [-0.25, -0.2) is 13.2 Å². The van der Waals surface area contributed by atoms with Crippen molar-refractivity contribution in [3.05, 3.63) is 71.5 Å². The third kappa shape index (κ3) is 3.62. The van der Waals surface area contributed by atoms with E-state index in [1.54, 1.807) is 48.5 Å². The fraction of sp³-hybridized carbons (Fsp3) is 0.105. The average Bonchev–Trinajstić information content (AvgIpc) is 3.07. The van der Waals surface area contributed by atoms with Crippen LogP contribution in [0.1, 0.15) is 21.7 Å². The molecule has 1 aromatic heterocycles. The van der Waals surface area contributed by atoms with E-state index in [0.29, 0.717) is 17.0 Å². The molecule has 2 N–H and O–H groups in total. The van der Waals surface area contributed by atoms with Crippen LogP contribution in [0.15, 0.2) is 63.9 Å². The minimum Gasteiger partial charge on any atom is -0.475 e. The number of benzene rings is 2. The van der Waals surface area contributed by atoms with Crippen molar-refractivity contribution in [3.63, 3.8) is 0 Å². The van der Waals surface area contributed by atoms with Gasteiger partial charge in [-0.05, 0) is 55.8 Å². The third-order valence-corrected chi connectivity index (χ3v) is 5.30. The summed E-state index contributed by atoms with van der Waals surface area (Å²) >= 11 is 0. The predicted octanol–water partition coefficient (Wildman–Crippen LogP) is 4.06. The lowest BCUT2D eigenvalue weighted by molar-refractivity contribution is 0.0663. The summed E-state index contributed by atoms with van der Waals surface area (Å²) in [6.07, 6.45) is 0. The zero-order valence-electron chi connectivity index (χ0n) is 14.2. The van der Waals surface area contributed by atoms with E-state index in [9.17, 15) is 13.2 Å². The molecule has 0 atom stereocenters. The molecule has 0 aliphatic heterocycles. The predicted molar refractivity (Wildman–Crippen MR) is 97.8 cm³/mol. The number of aromatic carboxylic acids is 1. The topological polar surface area (TPSA) is 96.6 Å². The fourth-order valence-corrected chi connectivity index (χ4v) is 3.53. The van der Waals surface area contributed by atoms with E-state index < -0.39 is 16.0 Å². The van der Waals surface area contributed by atoms with Crippen molar-refractivity contribution in [3.8, 4) is 11.3 Å². The van der Waals surface area contributed by atoms with Crippen molar-refractivity contribution in [1.82, 2.24) is 0 Å². The fourth-order valence-electron chi connectivity index (χ4n) is 2.48. The number of nitrogens with one attached hydrogen (secondary N) is 1. The molecule has 26 heavy (non-hydrogen) atoms. The summed E-state index contributed by atoms with van der Waals surface area (Å²) in [5, 5.41) is 8.98. The molecule has 3 rings (SSSR count). The molecular formula is C19H17NO5S. The van der Waals surface area contributed by atoms with E-state index in [-0.39, 0.29) is 10.7 Å². The Kier molecular flexibility index (Phi) is 4.56. The van der Waals surface area contributed by atoms with Crippen LogP contribution in [0.25, 0.3) is 11.3 Å². The summed E-state index contributed by atoms with van der Waals surface area (Å²) in [5.74, 6) is -0.980. The van der Waals surface area contributed by atoms with Gasteiger partial charge in [-0.2, -0.15) is 0 Å². The lowest BCUT2D eigenvalue weighted by Gasteiger charge is -2.11. The van der Waals surface area contributed by atoms with Crippen molar-refractivity contribution in [1.29, 1.82) is 0 Å². The minimum absolute atomic E-state index is 0.163. The standard InChI is InChI=1S/C19H17NO5S/c1-12-3-7-15(8-4-12)26(23,24)20-14-6-5-13(2)16(11-14)17-9-10-18(25-17)19(21)22/h3-11,20H,1-2H3,(H,21,22). The maximum atomic E-state index is 12.5. The Balaban J connectivity index is 1.94. The number of carbonyl (C=O) groups is 1. The first kappa shape index (κ1) is 17.8. The summed E-state index contributed by atoms with van der Waals surface area (Å²) in [4.78, 5) is 11.1. The minimum atomic E-state index is -3.72. The van der Waals surface area contributed by atoms with Gasteiger partial charge < -0.3 is 9.52 Å². The van der Waals surface area contributed by atoms with Gasteiger partial charge in [-0.15, -0.1) is 0 Å². The van der Waals surface area contributed by atoms with E-state index >= 15 is 0 Å². The van der Waals surface area contributed by atoms with E-state index in [2.05, 4.69) is 4.72 Å². The maximum absolute atomic E-state index is 12.5. The lowest BCUT2D eigenvalue weighted by atomic mass is 10.1. The molecule has 1 heterocycles. The second kappa shape index (κ2) is 6.68. The van der Waals surface area contributed by atoms with Crippen LogP contribution in [0, 0.1) is 13.8 Å². The van der Waals surface area contributed by atoms with Gasteiger partial charge in [0.15, 0.2) is 0 Å². The molecule has 0 unspecified atom stereocenters. The van der Waals surface area contributed by atoms with Gasteiger partial charge in [0.25, 0.3) is 10.0 Å². The number of carboxylic acids is 1. The molecular weight excluding hydrogens is 354 g/mol. The van der Waals surface area contributed by atoms with Gasteiger partial charge in [-0.1, -0.05) is 23.8 Å². The molecule has 0 saturated heterocycles. The third-order valence-electron chi connectivity index (χ3n) is 3.90. The van der Waals surface area contributed by atoms with E-state index in [4.69, 9.17) is 9.52 Å². The van der Waals surface area contributed by atoms with Crippen LogP contribution in [0.2, 0.25) is 0 Å². The lowest BCUT2D eigenvalue weighted by Crippen LogP contribution is -2.13. The van der Waals surface area contributed by atoms with Gasteiger partial charge in [-0.3, -0.25) is 4.72 Å². The zero-order chi connectivity index (χ0) is 18.9. The first-order valence-electron chi connectivity index (χ1n) is 7.80. The summed E-state index contributed by atoms with van der Waals surface area (Å²) in [5.41, 5.74) is 2.77. The number of hydrogen-bond acceptors (Lipinski definition) is 4. The van der Waals surface area contributed by atoms with Crippen LogP contribution in [0.5, 0.6) is 0 Å². The molecule has 0 amide bonds. The quantitative estimate of drug-likeness (QED) is 0.705. The number of hydrogen-bond donors (Lipinski definition) is 2. The molecule has 134 valence electrons. The Morgan fingerprint density at radius 1 is 1.00 bits per heavy atom. The Labute approximate surface area is 151 Å². The van der Waals surface area contributed by atoms with Crippen LogP contribution in [0.3, 0.4) is 0 Å². The monoisotopic (exact) mass is 371 g/mol. The van der Waals surface area contributed by atoms with Crippen molar-refractivity contribution >= 4 is 21.7 Å². The molecule has 0 bridgehead atoms. The molecule has 3 aromatic rings. The van der Waals surface area contributed by atoms with Crippen LogP contribution < -0.4 is 4.72 Å². The van der Waals surface area contributed by atoms with E-state index in [0.717, 1.165) is 11.1 Å². The highest BCUT2D eigenvalue weighted by Crippen LogP contribution is 2.29. The largest absolute Gasteiger partial charge is 0.475 e. The van der Waals surface area contributed by atoms with E-state index in [1.165, 1.54) is 6.07 Å². The van der Waals surface area contributed by atoms with Crippen LogP contribution in [-0.2, 0) is 10.0 Å². The molecule has 0 aliphatic carbocycles. The second-order valence-corrected chi connectivity index (χ2v) is 7.60. The van der Waals surface area contributed by atoms with Crippen LogP contribution in [-0.4, -0.2) is 19.5 Å². The summed E-state index contributed by atoms with van der Waals surface area (Å²) in [6.45, 7) is 3.71. The van der Waals surface area contributed by atoms with Gasteiger partial charge >= 0.3 is 5.97 Å². The maximum Gasteiger partial charge on any atom is 0.371 e. The highest BCUT2D eigenvalue weighted by atomic mass is 32.2. The SMILES string of the molecule is Cc1ccc(S(=O)(=O)Nc2ccc(C)c(-c3ccc(C(=O)O)o3)c2)cc1. The van der Waals surface area contributed by atoms with Gasteiger partial charge in [0, 0.05) is 11.3 Å². The van der Waals surface area contributed by atoms with Crippen molar-refractivity contribution in [2.24, 2.45) is 0 Å². The second-order valence-electron chi connectivity index (χ2n) is 5.92. The number of rotatable bonds is 5. The molecule has 0 spiro atoms. The smallest absolute Gasteiger partial charge is 0.371 e. The first-order chi connectivity index (χ1) is 12.3. The number of furan rings is 1. The van der Waals surface area contributed by atoms with Crippen molar-refractivity contribution in [2.45, 2.75) is 18.7 Å². The highest BCUT2D eigenvalue weighted by molar-refractivity contribution is 7.92. The normalized spacial score (nSPS) is 11.3. The Morgan fingerprint density at radius 2 is 1.69 bits per heavy atom. The van der Waals surface area contributed by atoms with E-state index in [1.807, 2.05) is 13.8 Å². The van der Waals surface area contributed by atoms with Crippen molar-refractivity contribution < 1.29 is 22.7 Å². The first-order valence-corrected chi connectivity index (χ1v) is 9.28. The summed E-state index contributed by atoms with van der Waals surface area (Å²) in [7, 11) is -3.72. The van der Waals surface area contributed by atoms with Gasteiger partial charge in [0.1, 0.15) is 5.76 Å². The Hall–Kier alpha value is -3.06. The average molecular weight is 371 g/mol. The zero-order valence-corrected chi connectivity index (χ0v) is 15.0. The van der Waals surface area contributed by atoms with Gasteiger partial charge in [0.05, 0.1) is 4.90 Å². The summed E-state index contributed by atoms with van der Waals surface area (Å²) in [6, 6.07) is 14.4. The molecule has 0 radical (unpaired) electrons. The van der Waals surface area contributed by atoms with Crippen molar-refractivity contribution in [2.75, 3.05) is 4.72 Å². The molecule has 7 heteroatoms. The summed E-state index contributed by atoms with van der Waals surface area (Å²) < 4.78 is 32.9. The Bertz CT molecular complexity index is 1070. The molecule has 0 saturated carbocycles. The highest BCUT2D eigenvalue weighted by Gasteiger charge is 2.16. The number of aryl methyl sites for hydroxylation is 2.